The van der Waals surface area contributed by atoms with Gasteiger partial charge in [0.25, 0.3) is 0 Å². The van der Waals surface area contributed by atoms with E-state index in [1.54, 1.807) is 18.2 Å². The van der Waals surface area contributed by atoms with Crippen molar-refractivity contribution in [2.75, 3.05) is 6.61 Å². The maximum Gasteiger partial charge on any atom is 0.311 e. The van der Waals surface area contributed by atoms with Crippen molar-refractivity contribution in [2.24, 2.45) is 0 Å². The number of carbonyl (C=O) groups is 2. The van der Waals surface area contributed by atoms with Crippen LogP contribution in [0.3, 0.4) is 0 Å². The van der Waals surface area contributed by atoms with Crippen molar-refractivity contribution in [3.63, 3.8) is 0 Å². The normalized spacial score (nSPS) is 10.4. The Morgan fingerprint density at radius 3 is 1.96 bits per heavy atom. The van der Waals surface area contributed by atoms with E-state index in [9.17, 15) is 9.59 Å². The number of carbonyl (C=O) groups excluding carboxylic acids is 2. The molecular formula is C20H30O5. The quantitative estimate of drug-likeness (QED) is 0.300. The highest BCUT2D eigenvalue weighted by molar-refractivity contribution is 5.77. The number of ether oxygens (including phenoxy) is 3. The Hall–Kier alpha value is -2.04. The summed E-state index contributed by atoms with van der Waals surface area (Å²) in [5, 5.41) is 0. The van der Waals surface area contributed by atoms with E-state index in [4.69, 9.17) is 14.2 Å². The van der Waals surface area contributed by atoms with E-state index < -0.39 is 0 Å². The second-order valence-corrected chi connectivity index (χ2v) is 5.94. The van der Waals surface area contributed by atoms with Crippen molar-refractivity contribution in [1.29, 1.82) is 0 Å². The molecule has 25 heavy (non-hydrogen) atoms. The summed E-state index contributed by atoms with van der Waals surface area (Å²) < 4.78 is 16.6. The summed E-state index contributed by atoms with van der Waals surface area (Å²) >= 11 is 0. The number of benzene rings is 1. The summed E-state index contributed by atoms with van der Waals surface area (Å²) in [5.74, 6) is 0.182. The number of unbranched alkanes of at least 4 members (excludes halogenated alkanes) is 3. The SMILES string of the molecule is CCCCOc1cccc(OC(=O)CCCC)c1OC(=O)CCCC. The molecule has 0 N–H and O–H groups in total. The smallest absolute Gasteiger partial charge is 0.311 e. The zero-order valence-electron chi connectivity index (χ0n) is 15.6. The fourth-order valence-electron chi connectivity index (χ4n) is 2.10. The van der Waals surface area contributed by atoms with E-state index in [0.717, 1.165) is 38.5 Å². The number of para-hydroxylation sites is 1. The number of rotatable bonds is 12. The van der Waals surface area contributed by atoms with Crippen LogP contribution >= 0.6 is 0 Å². The van der Waals surface area contributed by atoms with Gasteiger partial charge in [-0.3, -0.25) is 9.59 Å². The van der Waals surface area contributed by atoms with Gasteiger partial charge in [-0.2, -0.15) is 0 Å². The van der Waals surface area contributed by atoms with Gasteiger partial charge in [0.1, 0.15) is 0 Å². The molecule has 1 aromatic carbocycles. The Labute approximate surface area is 150 Å². The van der Waals surface area contributed by atoms with Crippen LogP contribution in [0.25, 0.3) is 0 Å². The van der Waals surface area contributed by atoms with Crippen molar-refractivity contribution in [2.45, 2.75) is 72.1 Å². The molecule has 0 atom stereocenters. The maximum atomic E-state index is 12.0. The molecule has 0 fully saturated rings. The highest BCUT2D eigenvalue weighted by atomic mass is 16.6. The molecule has 0 amide bonds. The van der Waals surface area contributed by atoms with Crippen LogP contribution in [0, 0.1) is 0 Å². The van der Waals surface area contributed by atoms with Crippen LogP contribution in [0.15, 0.2) is 18.2 Å². The Morgan fingerprint density at radius 2 is 1.36 bits per heavy atom. The third kappa shape index (κ3) is 8.05. The molecule has 1 rings (SSSR count). The zero-order chi connectivity index (χ0) is 18.5. The molecule has 0 saturated carbocycles. The van der Waals surface area contributed by atoms with Gasteiger partial charge in [0.05, 0.1) is 6.61 Å². The first kappa shape index (κ1) is 21.0. The number of hydrogen-bond donors (Lipinski definition) is 0. The van der Waals surface area contributed by atoms with E-state index in [2.05, 4.69) is 6.92 Å². The molecule has 140 valence electrons. The van der Waals surface area contributed by atoms with Crippen LogP contribution in [0.2, 0.25) is 0 Å². The third-order valence-electron chi connectivity index (χ3n) is 3.61. The van der Waals surface area contributed by atoms with Crippen LogP contribution in [-0.2, 0) is 9.59 Å². The summed E-state index contributed by atoms with van der Waals surface area (Å²) in [6.07, 6.45) is 5.88. The summed E-state index contributed by atoms with van der Waals surface area (Å²) in [7, 11) is 0. The Bertz CT molecular complexity index is 539. The van der Waals surface area contributed by atoms with Gasteiger partial charge in [0.2, 0.25) is 5.75 Å². The molecule has 5 nitrogen and oxygen atoms in total. The Morgan fingerprint density at radius 1 is 0.800 bits per heavy atom. The average molecular weight is 350 g/mol. The zero-order valence-corrected chi connectivity index (χ0v) is 15.6. The molecule has 0 spiro atoms. The van der Waals surface area contributed by atoms with Gasteiger partial charge in [0.15, 0.2) is 11.5 Å². The van der Waals surface area contributed by atoms with Gasteiger partial charge < -0.3 is 14.2 Å². The Balaban J connectivity index is 2.93. The van der Waals surface area contributed by atoms with Gasteiger partial charge >= 0.3 is 11.9 Å². The van der Waals surface area contributed by atoms with E-state index in [-0.39, 0.29) is 23.4 Å². The first-order chi connectivity index (χ1) is 12.1. The van der Waals surface area contributed by atoms with Gasteiger partial charge in [-0.05, 0) is 31.4 Å². The second-order valence-electron chi connectivity index (χ2n) is 5.94. The lowest BCUT2D eigenvalue weighted by molar-refractivity contribution is -0.137. The first-order valence-corrected chi connectivity index (χ1v) is 9.29. The van der Waals surface area contributed by atoms with Gasteiger partial charge in [-0.15, -0.1) is 0 Å². The number of esters is 2. The molecular weight excluding hydrogens is 320 g/mol. The summed E-state index contributed by atoms with van der Waals surface area (Å²) in [6, 6.07) is 5.08. The molecule has 0 aromatic heterocycles. The van der Waals surface area contributed by atoms with E-state index in [1.807, 2.05) is 13.8 Å². The van der Waals surface area contributed by atoms with Crippen molar-refractivity contribution in [3.8, 4) is 17.2 Å². The fourth-order valence-corrected chi connectivity index (χ4v) is 2.10. The van der Waals surface area contributed by atoms with Crippen molar-refractivity contribution in [1.82, 2.24) is 0 Å². The minimum Gasteiger partial charge on any atom is -0.490 e. The first-order valence-electron chi connectivity index (χ1n) is 9.29. The largest absolute Gasteiger partial charge is 0.490 e. The van der Waals surface area contributed by atoms with Gasteiger partial charge in [-0.1, -0.05) is 46.1 Å². The fraction of sp³-hybridized carbons (Fsp3) is 0.600. The van der Waals surface area contributed by atoms with Crippen molar-refractivity contribution in [3.05, 3.63) is 18.2 Å². The average Bonchev–Trinajstić information content (AvgIpc) is 2.60. The summed E-state index contributed by atoms with van der Waals surface area (Å²) in [6.45, 7) is 6.61. The van der Waals surface area contributed by atoms with Crippen LogP contribution < -0.4 is 14.2 Å². The van der Waals surface area contributed by atoms with E-state index >= 15 is 0 Å². The second kappa shape index (κ2) is 12.3. The van der Waals surface area contributed by atoms with Crippen LogP contribution in [-0.4, -0.2) is 18.5 Å². The molecule has 0 saturated heterocycles. The molecule has 0 heterocycles. The topological polar surface area (TPSA) is 61.8 Å². The van der Waals surface area contributed by atoms with Crippen LogP contribution in [0.5, 0.6) is 17.2 Å². The van der Waals surface area contributed by atoms with Gasteiger partial charge in [0, 0.05) is 12.8 Å². The predicted octanol–water partition coefficient (Wildman–Crippen LogP) is 5.06. The monoisotopic (exact) mass is 350 g/mol. The maximum absolute atomic E-state index is 12.0. The molecule has 1 aromatic rings. The highest BCUT2D eigenvalue weighted by Crippen LogP contribution is 2.38. The summed E-state index contributed by atoms with van der Waals surface area (Å²) in [4.78, 5) is 24.0. The van der Waals surface area contributed by atoms with Gasteiger partial charge in [-0.25, -0.2) is 0 Å². The van der Waals surface area contributed by atoms with Crippen LogP contribution in [0.1, 0.15) is 72.1 Å². The molecule has 0 aliphatic carbocycles. The standard InChI is InChI=1S/C20H30O5/c1-4-7-13-18(21)24-17-12-10-11-16(23-15-9-6-3)20(17)25-19(22)14-8-5-2/h10-12H,4-9,13-15H2,1-3H3. The Kier molecular flexibility index (Phi) is 10.4. The molecule has 0 bridgehead atoms. The van der Waals surface area contributed by atoms with Crippen LogP contribution in [0.4, 0.5) is 0 Å². The van der Waals surface area contributed by atoms with E-state index in [1.165, 1.54) is 0 Å². The molecule has 0 radical (unpaired) electrons. The van der Waals surface area contributed by atoms with Crippen molar-refractivity contribution < 1.29 is 23.8 Å². The molecule has 5 heteroatoms. The lowest BCUT2D eigenvalue weighted by Gasteiger charge is -2.15. The lowest BCUT2D eigenvalue weighted by atomic mass is 10.2. The molecule has 0 aliphatic rings. The number of hydrogen-bond acceptors (Lipinski definition) is 5. The predicted molar refractivity (Wildman–Crippen MR) is 97.2 cm³/mol. The third-order valence-corrected chi connectivity index (χ3v) is 3.61. The minimum atomic E-state index is -0.348. The van der Waals surface area contributed by atoms with Crippen molar-refractivity contribution >= 4 is 11.9 Å². The molecule has 0 unspecified atom stereocenters. The lowest BCUT2D eigenvalue weighted by Crippen LogP contribution is -2.13. The van der Waals surface area contributed by atoms with E-state index in [0.29, 0.717) is 25.2 Å². The molecule has 0 aliphatic heterocycles. The summed E-state index contributed by atoms with van der Waals surface area (Å²) in [5.41, 5.74) is 0. The highest BCUT2D eigenvalue weighted by Gasteiger charge is 2.18. The minimum absolute atomic E-state index is 0.199.